The number of hydrogen-bond donors (Lipinski definition) is 2. The Hall–Kier alpha value is -1.92. The molecule has 0 saturated heterocycles. The number of imide groups is 1. The molecule has 2 N–H and O–H groups in total. The van der Waals surface area contributed by atoms with Crippen LogP contribution in [0.4, 0.5) is 0 Å². The number of amides is 3. The van der Waals surface area contributed by atoms with Gasteiger partial charge < -0.3 is 10.6 Å². The van der Waals surface area contributed by atoms with E-state index in [1.807, 2.05) is 14.0 Å². The second kappa shape index (κ2) is 8.08. The van der Waals surface area contributed by atoms with Gasteiger partial charge in [0, 0.05) is 6.54 Å². The molecule has 0 spiro atoms. The highest BCUT2D eigenvalue weighted by molar-refractivity contribution is 6.22. The van der Waals surface area contributed by atoms with E-state index in [1.54, 1.807) is 25.1 Å². The van der Waals surface area contributed by atoms with Crippen LogP contribution in [0.15, 0.2) is 18.2 Å². The van der Waals surface area contributed by atoms with Crippen molar-refractivity contribution in [2.45, 2.75) is 26.3 Å². The Kier molecular flexibility index (Phi) is 6.72. The molecule has 1 aliphatic rings. The number of aryl methyl sites for hydroxylation is 1. The van der Waals surface area contributed by atoms with Gasteiger partial charge in [0.25, 0.3) is 11.8 Å². The van der Waals surface area contributed by atoms with E-state index < -0.39 is 17.9 Å². The smallest absolute Gasteiger partial charge is 0.262 e. The second-order valence-corrected chi connectivity index (χ2v) is 5.45. The number of fused-ring (bicyclic) bond motifs is 1. The summed E-state index contributed by atoms with van der Waals surface area (Å²) in [4.78, 5) is 37.9. The van der Waals surface area contributed by atoms with Crippen LogP contribution >= 0.6 is 12.4 Å². The van der Waals surface area contributed by atoms with Crippen molar-refractivity contribution in [3.63, 3.8) is 0 Å². The third-order valence-corrected chi connectivity index (χ3v) is 3.74. The van der Waals surface area contributed by atoms with Crippen molar-refractivity contribution in [1.29, 1.82) is 0 Å². The van der Waals surface area contributed by atoms with Gasteiger partial charge in [0.15, 0.2) is 0 Å². The van der Waals surface area contributed by atoms with Crippen LogP contribution in [0.1, 0.15) is 39.6 Å². The number of benzene rings is 1. The van der Waals surface area contributed by atoms with Gasteiger partial charge in [0.2, 0.25) is 5.91 Å². The molecule has 0 fully saturated rings. The summed E-state index contributed by atoms with van der Waals surface area (Å²) in [5.74, 6) is -1.12. The normalized spacial score (nSPS) is 14.3. The van der Waals surface area contributed by atoms with Crippen molar-refractivity contribution in [2.75, 3.05) is 20.1 Å². The first-order chi connectivity index (χ1) is 10.5. The maximum atomic E-state index is 12.4. The summed E-state index contributed by atoms with van der Waals surface area (Å²) in [7, 11) is 1.84. The zero-order chi connectivity index (χ0) is 16.3. The minimum absolute atomic E-state index is 0. The molecule has 1 aliphatic heterocycles. The first kappa shape index (κ1) is 19.1. The standard InChI is InChI=1S/C16H21N3O3.ClH/c1-10-5-6-12-13(9-10)16(22)19(15(12)21)11(2)14(20)18-8-4-7-17-3;/h5-6,9,11,17H,4,7-8H2,1-3H3,(H,18,20);1H. The predicted octanol–water partition coefficient (Wildman–Crippen LogP) is 1.13. The third kappa shape index (κ3) is 3.89. The highest BCUT2D eigenvalue weighted by Gasteiger charge is 2.40. The Labute approximate surface area is 142 Å². The summed E-state index contributed by atoms with van der Waals surface area (Å²) in [5, 5.41) is 5.74. The Morgan fingerprint density at radius 1 is 1.17 bits per heavy atom. The predicted molar refractivity (Wildman–Crippen MR) is 89.9 cm³/mol. The van der Waals surface area contributed by atoms with Crippen LogP contribution in [0.2, 0.25) is 0 Å². The van der Waals surface area contributed by atoms with Crippen LogP contribution < -0.4 is 10.6 Å². The molecule has 1 heterocycles. The fourth-order valence-corrected chi connectivity index (χ4v) is 2.47. The Morgan fingerprint density at radius 3 is 2.48 bits per heavy atom. The lowest BCUT2D eigenvalue weighted by atomic mass is 10.1. The first-order valence-electron chi connectivity index (χ1n) is 7.38. The van der Waals surface area contributed by atoms with Crippen molar-refractivity contribution >= 4 is 30.1 Å². The zero-order valence-electron chi connectivity index (χ0n) is 13.5. The SMILES string of the molecule is CNCCCNC(=O)C(C)N1C(=O)c2ccc(C)cc2C1=O.Cl. The number of nitrogens with one attached hydrogen (secondary N) is 2. The van der Waals surface area contributed by atoms with Crippen LogP contribution in [0.3, 0.4) is 0 Å². The number of carbonyl (C=O) groups excluding carboxylic acids is 3. The highest BCUT2D eigenvalue weighted by Crippen LogP contribution is 2.25. The molecule has 3 amide bonds. The summed E-state index contributed by atoms with van der Waals surface area (Å²) in [5.41, 5.74) is 1.65. The number of halogens is 1. The van der Waals surface area contributed by atoms with E-state index in [2.05, 4.69) is 10.6 Å². The van der Waals surface area contributed by atoms with E-state index in [4.69, 9.17) is 0 Å². The first-order valence-corrected chi connectivity index (χ1v) is 7.38. The second-order valence-electron chi connectivity index (χ2n) is 5.45. The van der Waals surface area contributed by atoms with Crippen LogP contribution in [-0.4, -0.2) is 48.8 Å². The fraction of sp³-hybridized carbons (Fsp3) is 0.438. The lowest BCUT2D eigenvalue weighted by molar-refractivity contribution is -0.124. The van der Waals surface area contributed by atoms with Gasteiger partial charge in [0.05, 0.1) is 11.1 Å². The van der Waals surface area contributed by atoms with Crippen LogP contribution in [0.25, 0.3) is 0 Å². The molecule has 0 bridgehead atoms. The zero-order valence-corrected chi connectivity index (χ0v) is 14.3. The average Bonchev–Trinajstić information content (AvgIpc) is 2.74. The molecular formula is C16H22ClN3O3. The molecule has 126 valence electrons. The number of rotatable bonds is 6. The maximum Gasteiger partial charge on any atom is 0.262 e. The van der Waals surface area contributed by atoms with E-state index in [1.165, 1.54) is 0 Å². The fourth-order valence-electron chi connectivity index (χ4n) is 2.47. The van der Waals surface area contributed by atoms with Gasteiger partial charge >= 0.3 is 0 Å². The lowest BCUT2D eigenvalue weighted by Crippen LogP contribution is -2.48. The number of hydrogen-bond acceptors (Lipinski definition) is 4. The number of nitrogens with zero attached hydrogens (tertiary/aromatic N) is 1. The molecule has 0 radical (unpaired) electrons. The molecule has 6 nitrogen and oxygen atoms in total. The molecule has 1 aromatic carbocycles. The summed E-state index contributed by atoms with van der Waals surface area (Å²) < 4.78 is 0. The van der Waals surface area contributed by atoms with E-state index >= 15 is 0 Å². The van der Waals surface area contributed by atoms with Crippen molar-refractivity contribution < 1.29 is 14.4 Å². The van der Waals surface area contributed by atoms with E-state index in [-0.39, 0.29) is 18.3 Å². The summed E-state index contributed by atoms with van der Waals surface area (Å²) in [6.45, 7) is 4.73. The molecule has 0 aromatic heterocycles. The molecule has 7 heteroatoms. The maximum absolute atomic E-state index is 12.4. The third-order valence-electron chi connectivity index (χ3n) is 3.74. The molecular weight excluding hydrogens is 318 g/mol. The molecule has 1 unspecified atom stereocenters. The summed E-state index contributed by atoms with van der Waals surface area (Å²) in [6, 6.07) is 4.30. The minimum atomic E-state index is -0.817. The average molecular weight is 340 g/mol. The van der Waals surface area contributed by atoms with Gasteiger partial charge in [-0.05, 0) is 46.0 Å². The van der Waals surface area contributed by atoms with Crippen molar-refractivity contribution in [1.82, 2.24) is 15.5 Å². The van der Waals surface area contributed by atoms with Gasteiger partial charge in [-0.25, -0.2) is 0 Å². The molecule has 0 saturated carbocycles. The largest absolute Gasteiger partial charge is 0.354 e. The van der Waals surface area contributed by atoms with Gasteiger partial charge in [0.1, 0.15) is 6.04 Å². The summed E-state index contributed by atoms with van der Waals surface area (Å²) in [6.07, 6.45) is 0.788. The van der Waals surface area contributed by atoms with Crippen molar-refractivity contribution in [2.24, 2.45) is 0 Å². The number of carbonyl (C=O) groups is 3. The van der Waals surface area contributed by atoms with Crippen LogP contribution in [-0.2, 0) is 4.79 Å². The van der Waals surface area contributed by atoms with Gasteiger partial charge in [-0.1, -0.05) is 11.6 Å². The summed E-state index contributed by atoms with van der Waals surface area (Å²) >= 11 is 0. The van der Waals surface area contributed by atoms with Gasteiger partial charge in [-0.3, -0.25) is 19.3 Å². The molecule has 1 atom stereocenters. The minimum Gasteiger partial charge on any atom is -0.354 e. The van der Waals surface area contributed by atoms with E-state index in [9.17, 15) is 14.4 Å². The van der Waals surface area contributed by atoms with Gasteiger partial charge in [-0.2, -0.15) is 0 Å². The lowest BCUT2D eigenvalue weighted by Gasteiger charge is -2.21. The Morgan fingerprint density at radius 2 is 1.83 bits per heavy atom. The molecule has 2 rings (SSSR count). The van der Waals surface area contributed by atoms with Gasteiger partial charge in [-0.15, -0.1) is 12.4 Å². The molecule has 0 aliphatic carbocycles. The van der Waals surface area contributed by atoms with E-state index in [0.717, 1.165) is 23.4 Å². The Balaban J connectivity index is 0.00000264. The monoisotopic (exact) mass is 339 g/mol. The van der Waals surface area contributed by atoms with Crippen LogP contribution in [0.5, 0.6) is 0 Å². The quantitative estimate of drug-likeness (QED) is 0.601. The highest BCUT2D eigenvalue weighted by atomic mass is 35.5. The Bertz CT molecular complexity index is 619. The van der Waals surface area contributed by atoms with Crippen LogP contribution in [0, 0.1) is 6.92 Å². The topological polar surface area (TPSA) is 78.5 Å². The van der Waals surface area contributed by atoms with E-state index in [0.29, 0.717) is 17.7 Å². The molecule has 1 aromatic rings. The van der Waals surface area contributed by atoms with Crippen molar-refractivity contribution in [3.05, 3.63) is 34.9 Å². The van der Waals surface area contributed by atoms with Crippen molar-refractivity contribution in [3.8, 4) is 0 Å². The molecule has 23 heavy (non-hydrogen) atoms.